The van der Waals surface area contributed by atoms with Crippen LogP contribution in [0.1, 0.15) is 18.2 Å². The molecule has 1 N–H and O–H groups in total. The summed E-state index contributed by atoms with van der Waals surface area (Å²) in [6.45, 7) is 2.07. The minimum absolute atomic E-state index is 0.188. The zero-order valence-corrected chi connectivity index (χ0v) is 13.7. The normalized spacial score (nSPS) is 10.8. The average molecular weight is 334 g/mol. The van der Waals surface area contributed by atoms with Gasteiger partial charge in [0.15, 0.2) is 0 Å². The molecule has 6 heteroatoms. The fraction of sp³-hybridized carbons (Fsp3) is 0.188. The van der Waals surface area contributed by atoms with Gasteiger partial charge >= 0.3 is 0 Å². The molecule has 1 heterocycles. The molecular formula is C16H16ClN3OS. The third-order valence-corrected chi connectivity index (χ3v) is 3.98. The summed E-state index contributed by atoms with van der Waals surface area (Å²) in [7, 11) is 0. The number of carbonyl (C=O) groups excluding carboxylic acids is 1. The van der Waals surface area contributed by atoms with E-state index in [-0.39, 0.29) is 12.3 Å². The number of thioether (sulfide) groups is 1. The number of hydrogen-bond donors (Lipinski definition) is 1. The molecule has 0 spiro atoms. The van der Waals surface area contributed by atoms with Crippen LogP contribution in [0.2, 0.25) is 5.02 Å². The van der Waals surface area contributed by atoms with Crippen LogP contribution in [0, 0.1) is 0 Å². The fourth-order valence-corrected chi connectivity index (χ4v) is 2.80. The predicted molar refractivity (Wildman–Crippen MR) is 91.5 cm³/mol. The summed E-state index contributed by atoms with van der Waals surface area (Å²) >= 11 is 7.69. The van der Waals surface area contributed by atoms with Crippen molar-refractivity contribution >= 4 is 35.5 Å². The molecule has 0 fully saturated rings. The molecule has 0 atom stereocenters. The van der Waals surface area contributed by atoms with Crippen LogP contribution >= 0.6 is 23.4 Å². The molecule has 0 unspecified atom stereocenters. The van der Waals surface area contributed by atoms with Gasteiger partial charge in [0.05, 0.1) is 18.3 Å². The summed E-state index contributed by atoms with van der Waals surface area (Å²) in [6.07, 6.45) is 3.42. The molecule has 4 nitrogen and oxygen atoms in total. The van der Waals surface area contributed by atoms with Crippen LogP contribution in [-0.2, 0) is 11.2 Å². The van der Waals surface area contributed by atoms with E-state index in [4.69, 9.17) is 11.6 Å². The minimum atomic E-state index is -0.188. The topological polar surface area (TPSA) is 54.4 Å². The number of nitrogens with zero attached hydrogens (tertiary/aromatic N) is 2. The van der Waals surface area contributed by atoms with Crippen LogP contribution in [-0.4, -0.2) is 22.9 Å². The number of benzene rings is 1. The lowest BCUT2D eigenvalue weighted by molar-refractivity contribution is -0.120. The average Bonchev–Trinajstić information content (AvgIpc) is 2.51. The number of aromatic nitrogens is 1. The number of amides is 1. The summed E-state index contributed by atoms with van der Waals surface area (Å²) in [4.78, 5) is 17.1. The number of rotatable bonds is 6. The molecule has 2 aromatic rings. The first-order chi connectivity index (χ1) is 10.7. The Morgan fingerprint density at radius 1 is 1.41 bits per heavy atom. The molecule has 22 heavy (non-hydrogen) atoms. The first kappa shape index (κ1) is 16.5. The molecule has 1 amide bonds. The lowest BCUT2D eigenvalue weighted by Gasteiger charge is -2.08. The highest BCUT2D eigenvalue weighted by molar-refractivity contribution is 7.99. The van der Waals surface area contributed by atoms with Gasteiger partial charge < -0.3 is 0 Å². The van der Waals surface area contributed by atoms with E-state index in [1.54, 1.807) is 18.0 Å². The number of hydrazone groups is 1. The number of nitrogens with one attached hydrogen (secondary N) is 1. The molecule has 0 saturated heterocycles. The number of hydrogen-bond acceptors (Lipinski definition) is 4. The van der Waals surface area contributed by atoms with E-state index in [1.165, 1.54) is 6.21 Å². The van der Waals surface area contributed by atoms with Crippen molar-refractivity contribution < 1.29 is 4.79 Å². The number of halogens is 1. The van der Waals surface area contributed by atoms with E-state index in [1.807, 2.05) is 36.4 Å². The molecule has 0 bridgehead atoms. The van der Waals surface area contributed by atoms with Crippen LogP contribution in [0.15, 0.2) is 52.6 Å². The summed E-state index contributed by atoms with van der Waals surface area (Å²) in [5.41, 5.74) is 4.10. The van der Waals surface area contributed by atoms with Crippen molar-refractivity contribution in [3.63, 3.8) is 0 Å². The lowest BCUT2D eigenvalue weighted by atomic mass is 10.1. The molecule has 114 valence electrons. The van der Waals surface area contributed by atoms with E-state index < -0.39 is 0 Å². The second kappa shape index (κ2) is 8.56. The van der Waals surface area contributed by atoms with E-state index >= 15 is 0 Å². The van der Waals surface area contributed by atoms with Crippen molar-refractivity contribution in [2.24, 2.45) is 5.10 Å². The second-order valence-corrected chi connectivity index (χ2v) is 6.15. The molecule has 1 aromatic heterocycles. The van der Waals surface area contributed by atoms with Crippen molar-refractivity contribution in [3.8, 4) is 0 Å². The largest absolute Gasteiger partial charge is 0.273 e. The number of pyridine rings is 1. The Kier molecular flexibility index (Phi) is 6.43. The Balaban J connectivity index is 1.97. The molecular weight excluding hydrogens is 318 g/mol. The Morgan fingerprint density at radius 3 is 3.00 bits per heavy atom. The van der Waals surface area contributed by atoms with Crippen LogP contribution in [0.5, 0.6) is 0 Å². The highest BCUT2D eigenvalue weighted by Gasteiger charge is 2.08. The smallest absolute Gasteiger partial charge is 0.244 e. The van der Waals surface area contributed by atoms with Gasteiger partial charge in [0, 0.05) is 16.1 Å². The zero-order chi connectivity index (χ0) is 15.8. The van der Waals surface area contributed by atoms with Crippen molar-refractivity contribution in [3.05, 3.63) is 58.9 Å². The van der Waals surface area contributed by atoms with E-state index in [9.17, 15) is 4.79 Å². The Bertz CT molecular complexity index is 662. The maximum atomic E-state index is 12.0. The summed E-state index contributed by atoms with van der Waals surface area (Å²) in [5.74, 6) is 0.751. The third-order valence-electron chi connectivity index (χ3n) is 2.75. The molecule has 1 aromatic carbocycles. The lowest BCUT2D eigenvalue weighted by Crippen LogP contribution is -2.20. The van der Waals surface area contributed by atoms with Crippen molar-refractivity contribution in [1.82, 2.24) is 10.4 Å². The second-order valence-electron chi connectivity index (χ2n) is 4.41. The van der Waals surface area contributed by atoms with Gasteiger partial charge in [-0.3, -0.25) is 9.78 Å². The van der Waals surface area contributed by atoms with Gasteiger partial charge in [-0.1, -0.05) is 24.6 Å². The first-order valence-electron chi connectivity index (χ1n) is 6.83. The number of carbonyl (C=O) groups is 1. The molecule has 0 aliphatic rings. The van der Waals surface area contributed by atoms with Crippen LogP contribution in [0.4, 0.5) is 0 Å². The highest BCUT2D eigenvalue weighted by Crippen LogP contribution is 2.26. The Morgan fingerprint density at radius 2 is 2.27 bits per heavy atom. The van der Waals surface area contributed by atoms with Crippen LogP contribution < -0.4 is 5.43 Å². The molecule has 0 radical (unpaired) electrons. The van der Waals surface area contributed by atoms with Crippen LogP contribution in [0.25, 0.3) is 0 Å². The minimum Gasteiger partial charge on any atom is -0.273 e. The maximum absolute atomic E-state index is 12.0. The van der Waals surface area contributed by atoms with E-state index in [0.29, 0.717) is 10.7 Å². The van der Waals surface area contributed by atoms with Crippen molar-refractivity contribution in [2.75, 3.05) is 5.75 Å². The van der Waals surface area contributed by atoms with Crippen molar-refractivity contribution in [1.29, 1.82) is 0 Å². The summed E-state index contributed by atoms with van der Waals surface area (Å²) in [6, 6.07) is 11.1. The quantitative estimate of drug-likeness (QED) is 0.500. The molecule has 0 saturated carbocycles. The fourth-order valence-electron chi connectivity index (χ4n) is 1.82. The van der Waals surface area contributed by atoms with Gasteiger partial charge in [-0.05, 0) is 41.6 Å². The van der Waals surface area contributed by atoms with Gasteiger partial charge in [-0.2, -0.15) is 5.10 Å². The standard InChI is InChI=1S/C16H16ClN3OS/c1-2-22-15-7-6-13(17)9-12(15)10-16(21)20-19-11-14-5-3-4-8-18-14/h3-9,11H,2,10H2,1H3,(H,20,21)/b19-11-. The van der Waals surface area contributed by atoms with Crippen LogP contribution in [0.3, 0.4) is 0 Å². The molecule has 0 aliphatic heterocycles. The van der Waals surface area contributed by atoms with E-state index in [2.05, 4.69) is 22.4 Å². The van der Waals surface area contributed by atoms with Gasteiger partial charge in [0.1, 0.15) is 0 Å². The Hall–Kier alpha value is -1.85. The van der Waals surface area contributed by atoms with E-state index in [0.717, 1.165) is 16.2 Å². The first-order valence-corrected chi connectivity index (χ1v) is 8.19. The SMILES string of the molecule is CCSc1ccc(Cl)cc1CC(=O)N/N=C\c1ccccn1. The zero-order valence-electron chi connectivity index (χ0n) is 12.1. The highest BCUT2D eigenvalue weighted by atomic mass is 35.5. The van der Waals surface area contributed by atoms with Gasteiger partial charge in [-0.25, -0.2) is 5.43 Å². The predicted octanol–water partition coefficient (Wildman–Crippen LogP) is 3.54. The summed E-state index contributed by atoms with van der Waals surface area (Å²) < 4.78 is 0. The monoisotopic (exact) mass is 333 g/mol. The van der Waals surface area contributed by atoms with Gasteiger partial charge in [-0.15, -0.1) is 11.8 Å². The molecule has 2 rings (SSSR count). The Labute approximate surface area is 139 Å². The van der Waals surface area contributed by atoms with Crippen molar-refractivity contribution in [2.45, 2.75) is 18.2 Å². The van der Waals surface area contributed by atoms with Gasteiger partial charge in [0.2, 0.25) is 5.91 Å². The maximum Gasteiger partial charge on any atom is 0.244 e. The third kappa shape index (κ3) is 5.16. The summed E-state index contributed by atoms with van der Waals surface area (Å²) in [5, 5.41) is 4.53. The van der Waals surface area contributed by atoms with Gasteiger partial charge in [0.25, 0.3) is 0 Å². The molecule has 0 aliphatic carbocycles.